The molecule has 3 aromatic rings. The second-order valence-corrected chi connectivity index (χ2v) is 5.87. The molecule has 2 heterocycles. The summed E-state index contributed by atoms with van der Waals surface area (Å²) in [5.74, 6) is 0.477. The third-order valence-corrected chi connectivity index (χ3v) is 3.97. The van der Waals surface area contributed by atoms with Crippen LogP contribution in [0.3, 0.4) is 0 Å². The summed E-state index contributed by atoms with van der Waals surface area (Å²) < 4.78 is 0.914. The highest BCUT2D eigenvalue weighted by atomic mass is 79.9. The number of hydrogen-bond donors (Lipinski definition) is 1. The normalized spacial score (nSPS) is 12.3. The van der Waals surface area contributed by atoms with Crippen molar-refractivity contribution in [1.82, 2.24) is 9.97 Å². The van der Waals surface area contributed by atoms with Gasteiger partial charge < -0.3 is 5.32 Å². The van der Waals surface area contributed by atoms with Gasteiger partial charge in [0.2, 0.25) is 0 Å². The zero-order valence-corrected chi connectivity index (χ0v) is 13.5. The Labute approximate surface area is 136 Å². The predicted octanol–water partition coefficient (Wildman–Crippen LogP) is 4.78. The number of pyridine rings is 2. The summed E-state index contributed by atoms with van der Waals surface area (Å²) in [7, 11) is 0. The van der Waals surface area contributed by atoms with Crippen LogP contribution < -0.4 is 5.32 Å². The van der Waals surface area contributed by atoms with Crippen LogP contribution in [-0.4, -0.2) is 15.8 Å². The Kier molecular flexibility index (Phi) is 4.36. The van der Waals surface area contributed by atoms with Gasteiger partial charge in [0.1, 0.15) is 5.52 Å². The Bertz CT molecular complexity index is 749. The molecule has 0 aliphatic heterocycles. The second kappa shape index (κ2) is 6.41. The van der Waals surface area contributed by atoms with E-state index in [-0.39, 0.29) is 6.04 Å². The fourth-order valence-electron chi connectivity index (χ4n) is 2.21. The molecule has 0 bridgehead atoms. The maximum atomic E-state index is 6.12. The number of aromatic nitrogens is 2. The summed E-state index contributed by atoms with van der Waals surface area (Å²) in [5.41, 5.74) is 3.76. The lowest BCUT2D eigenvalue weighted by atomic mass is 10.1. The number of fused-ring (bicyclic) bond motifs is 1. The van der Waals surface area contributed by atoms with Gasteiger partial charge in [0, 0.05) is 22.7 Å². The molecule has 3 rings (SSSR count). The zero-order valence-electron chi connectivity index (χ0n) is 11.1. The van der Waals surface area contributed by atoms with Crippen molar-refractivity contribution >= 4 is 44.3 Å². The van der Waals surface area contributed by atoms with E-state index in [0.717, 1.165) is 26.8 Å². The number of hydrogen-bond acceptors (Lipinski definition) is 3. The third-order valence-electron chi connectivity index (χ3n) is 3.23. The molecule has 0 radical (unpaired) electrons. The van der Waals surface area contributed by atoms with Crippen LogP contribution in [0.2, 0.25) is 0 Å². The fourth-order valence-corrected chi connectivity index (χ4v) is 2.78. The van der Waals surface area contributed by atoms with E-state index in [9.17, 15) is 0 Å². The summed E-state index contributed by atoms with van der Waals surface area (Å²) >= 11 is 9.54. The monoisotopic (exact) mass is 361 g/mol. The lowest BCUT2D eigenvalue weighted by Crippen LogP contribution is -2.12. The van der Waals surface area contributed by atoms with Gasteiger partial charge in [0.25, 0.3) is 0 Å². The van der Waals surface area contributed by atoms with Crippen molar-refractivity contribution < 1.29 is 0 Å². The molecule has 0 saturated carbocycles. The zero-order chi connectivity index (χ0) is 14.7. The molecule has 21 heavy (non-hydrogen) atoms. The number of nitrogens with zero attached hydrogens (tertiary/aromatic N) is 2. The number of nitrogens with one attached hydrogen (secondary N) is 1. The number of alkyl halides is 1. The van der Waals surface area contributed by atoms with Crippen LogP contribution in [0, 0.1) is 0 Å². The van der Waals surface area contributed by atoms with Crippen LogP contribution in [0.15, 0.2) is 59.3 Å². The molecule has 0 aliphatic rings. The van der Waals surface area contributed by atoms with E-state index >= 15 is 0 Å². The van der Waals surface area contributed by atoms with Gasteiger partial charge in [0.15, 0.2) is 0 Å². The molecule has 0 spiro atoms. The summed E-state index contributed by atoms with van der Waals surface area (Å²) in [5, 5.41) is 3.46. The lowest BCUT2D eigenvalue weighted by molar-refractivity contribution is 0.894. The maximum Gasteiger partial charge on any atom is 0.112 e. The van der Waals surface area contributed by atoms with Crippen LogP contribution in [0.25, 0.3) is 11.0 Å². The molecule has 1 unspecified atom stereocenters. The Balaban J connectivity index is 1.97. The second-order valence-electron chi connectivity index (χ2n) is 4.64. The average molecular weight is 363 g/mol. The molecule has 1 aromatic carbocycles. The highest BCUT2D eigenvalue weighted by Crippen LogP contribution is 2.26. The van der Waals surface area contributed by atoms with Crippen molar-refractivity contribution in [3.63, 3.8) is 0 Å². The van der Waals surface area contributed by atoms with Crippen LogP contribution in [-0.2, 0) is 0 Å². The molecule has 3 nitrogen and oxygen atoms in total. The van der Waals surface area contributed by atoms with Crippen molar-refractivity contribution in [3.8, 4) is 0 Å². The first kappa shape index (κ1) is 14.3. The number of benzene rings is 1. The Morgan fingerprint density at radius 3 is 2.71 bits per heavy atom. The molecule has 0 saturated heterocycles. The lowest BCUT2D eigenvalue weighted by Gasteiger charge is -2.18. The van der Waals surface area contributed by atoms with Crippen molar-refractivity contribution in [2.75, 3.05) is 11.2 Å². The van der Waals surface area contributed by atoms with Gasteiger partial charge in [-0.3, -0.25) is 9.97 Å². The molecule has 1 N–H and O–H groups in total. The van der Waals surface area contributed by atoms with E-state index in [2.05, 4.69) is 43.3 Å². The number of rotatable bonds is 4. The van der Waals surface area contributed by atoms with E-state index in [0.29, 0.717) is 5.88 Å². The van der Waals surface area contributed by atoms with E-state index in [1.807, 2.05) is 30.3 Å². The van der Waals surface area contributed by atoms with Crippen LogP contribution in [0.5, 0.6) is 0 Å². The highest BCUT2D eigenvalue weighted by molar-refractivity contribution is 9.10. The minimum Gasteiger partial charge on any atom is -0.375 e. The van der Waals surface area contributed by atoms with Crippen LogP contribution in [0.4, 0.5) is 5.69 Å². The van der Waals surface area contributed by atoms with E-state index in [1.165, 1.54) is 0 Å². The maximum absolute atomic E-state index is 6.12. The molecule has 0 fully saturated rings. The van der Waals surface area contributed by atoms with Gasteiger partial charge in [-0.15, -0.1) is 11.6 Å². The molecule has 5 heteroatoms. The molecule has 0 aliphatic carbocycles. The van der Waals surface area contributed by atoms with E-state index in [4.69, 9.17) is 11.6 Å². The van der Waals surface area contributed by atoms with Crippen LogP contribution >= 0.6 is 27.5 Å². The quantitative estimate of drug-likeness (QED) is 0.678. The number of anilines is 1. The first-order chi connectivity index (χ1) is 10.3. The molecule has 106 valence electrons. The minimum absolute atomic E-state index is 0.0314. The van der Waals surface area contributed by atoms with Crippen molar-refractivity contribution in [2.24, 2.45) is 0 Å². The molecule has 1 atom stereocenters. The van der Waals surface area contributed by atoms with Gasteiger partial charge in [-0.05, 0) is 33.6 Å². The van der Waals surface area contributed by atoms with Crippen molar-refractivity contribution in [2.45, 2.75) is 6.04 Å². The topological polar surface area (TPSA) is 37.8 Å². The first-order valence-electron chi connectivity index (χ1n) is 6.55. The Hall–Kier alpha value is -1.65. The van der Waals surface area contributed by atoms with Crippen molar-refractivity contribution in [3.05, 3.63) is 64.9 Å². The summed E-state index contributed by atoms with van der Waals surface area (Å²) in [6.07, 6.45) is 3.54. The molecule has 0 amide bonds. The molecule has 2 aromatic heterocycles. The summed E-state index contributed by atoms with van der Waals surface area (Å²) in [4.78, 5) is 8.79. The third kappa shape index (κ3) is 3.17. The highest BCUT2D eigenvalue weighted by Gasteiger charge is 2.12. The predicted molar refractivity (Wildman–Crippen MR) is 90.8 cm³/mol. The largest absolute Gasteiger partial charge is 0.375 e. The van der Waals surface area contributed by atoms with Gasteiger partial charge in [-0.25, -0.2) is 0 Å². The Morgan fingerprint density at radius 1 is 1.14 bits per heavy atom. The van der Waals surface area contributed by atoms with Gasteiger partial charge in [-0.2, -0.15) is 0 Å². The first-order valence-corrected chi connectivity index (χ1v) is 7.88. The molecular formula is C16H13BrClN3. The molecular weight excluding hydrogens is 350 g/mol. The van der Waals surface area contributed by atoms with E-state index < -0.39 is 0 Å². The van der Waals surface area contributed by atoms with Gasteiger partial charge in [0.05, 0.1) is 17.2 Å². The number of halogens is 2. The summed E-state index contributed by atoms with van der Waals surface area (Å²) in [6, 6.07) is 14.0. The summed E-state index contributed by atoms with van der Waals surface area (Å²) in [6.45, 7) is 0. The van der Waals surface area contributed by atoms with Crippen LogP contribution in [0.1, 0.15) is 11.6 Å². The standard InChI is InChI=1S/C16H13BrClN3/c17-12-8-14-16(20-10-12)13(6-7-19-14)21-15(9-18)11-4-2-1-3-5-11/h1-8,10,15H,9H2,(H,19,21). The van der Waals surface area contributed by atoms with E-state index in [1.54, 1.807) is 12.4 Å². The SMILES string of the molecule is ClCC(Nc1ccnc2cc(Br)cnc12)c1ccccc1. The van der Waals surface area contributed by atoms with Gasteiger partial charge in [-0.1, -0.05) is 30.3 Å². The minimum atomic E-state index is 0.0314. The van der Waals surface area contributed by atoms with Crippen molar-refractivity contribution in [1.29, 1.82) is 0 Å². The average Bonchev–Trinajstić information content (AvgIpc) is 2.53. The smallest absolute Gasteiger partial charge is 0.112 e. The fraction of sp³-hybridized carbons (Fsp3) is 0.125. The van der Waals surface area contributed by atoms with Gasteiger partial charge >= 0.3 is 0 Å². The Morgan fingerprint density at radius 2 is 1.95 bits per heavy atom.